The highest BCUT2D eigenvalue weighted by molar-refractivity contribution is 6.33. The first-order valence-electron chi connectivity index (χ1n) is 7.13. The van der Waals surface area contributed by atoms with Gasteiger partial charge in [-0.2, -0.15) is 0 Å². The smallest absolute Gasteiger partial charge is 0.512 e. The monoisotopic (exact) mass is 278 g/mol. The summed E-state index contributed by atoms with van der Waals surface area (Å²) < 4.78 is 4.79. The summed E-state index contributed by atoms with van der Waals surface area (Å²) >= 11 is 0. The molecule has 0 aromatic heterocycles. The Morgan fingerprint density at radius 1 is 1.10 bits per heavy atom. The highest BCUT2D eigenvalue weighted by Gasteiger charge is 2.18. The van der Waals surface area contributed by atoms with Gasteiger partial charge in [0.25, 0.3) is 0 Å². The van der Waals surface area contributed by atoms with Crippen molar-refractivity contribution >= 4 is 7.32 Å². The largest absolute Gasteiger partial charge is 0.707 e. The van der Waals surface area contributed by atoms with Crippen LogP contribution in [0.25, 0.3) is 0 Å². The second kappa shape index (κ2) is 7.08. The molecule has 0 bridgehead atoms. The average molecular weight is 278 g/mol. The van der Waals surface area contributed by atoms with Crippen molar-refractivity contribution < 1.29 is 14.7 Å². The highest BCUT2D eigenvalue weighted by atomic mass is 16.6. The predicted molar refractivity (Wildman–Crippen MR) is 79.2 cm³/mol. The summed E-state index contributed by atoms with van der Waals surface area (Å²) in [5.41, 5.74) is 1.21. The van der Waals surface area contributed by atoms with Gasteiger partial charge in [0.15, 0.2) is 0 Å². The van der Waals surface area contributed by atoms with E-state index in [2.05, 4.69) is 23.6 Å². The molecular weight excluding hydrogens is 255 g/mol. The highest BCUT2D eigenvalue weighted by Crippen LogP contribution is 2.15. The van der Waals surface area contributed by atoms with Crippen LogP contribution in [0.3, 0.4) is 0 Å². The molecule has 1 aliphatic rings. The Balaban J connectivity index is 1.82. The number of benzene rings is 1. The molecule has 1 aromatic carbocycles. The van der Waals surface area contributed by atoms with E-state index in [1.807, 2.05) is 12.1 Å². The van der Waals surface area contributed by atoms with E-state index >= 15 is 0 Å². The zero-order chi connectivity index (χ0) is 14.5. The molecule has 2 N–H and O–H groups in total. The van der Waals surface area contributed by atoms with E-state index in [-0.39, 0.29) is 0 Å². The first kappa shape index (κ1) is 15.3. The van der Waals surface area contributed by atoms with Gasteiger partial charge in [0.05, 0.1) is 0 Å². The van der Waals surface area contributed by atoms with E-state index in [0.29, 0.717) is 11.8 Å². The molecule has 2 rings (SSSR count). The van der Waals surface area contributed by atoms with E-state index in [9.17, 15) is 0 Å². The van der Waals surface area contributed by atoms with E-state index in [1.54, 1.807) is 12.1 Å². The van der Waals surface area contributed by atoms with Crippen LogP contribution in [-0.2, 0) is 6.54 Å². The summed E-state index contributed by atoms with van der Waals surface area (Å²) in [5.74, 6) is 0.466. The minimum atomic E-state index is -1.76. The summed E-state index contributed by atoms with van der Waals surface area (Å²) in [6, 6.07) is 8.08. The SMILES string of the molecule is CC(C)N1CCN(Cc2ccc(OB(O)O)cc2)CC1. The molecule has 0 spiro atoms. The molecule has 1 aromatic rings. The zero-order valence-corrected chi connectivity index (χ0v) is 12.2. The van der Waals surface area contributed by atoms with Crippen molar-refractivity contribution in [1.82, 2.24) is 9.80 Å². The lowest BCUT2D eigenvalue weighted by Gasteiger charge is -2.36. The van der Waals surface area contributed by atoms with Gasteiger partial charge in [-0.1, -0.05) is 12.1 Å². The number of piperazine rings is 1. The molecule has 0 saturated carbocycles. The summed E-state index contributed by atoms with van der Waals surface area (Å²) in [7, 11) is -1.76. The van der Waals surface area contributed by atoms with E-state index in [1.165, 1.54) is 5.56 Å². The molecule has 110 valence electrons. The molecule has 1 fully saturated rings. The van der Waals surface area contributed by atoms with Crippen molar-refractivity contribution in [2.24, 2.45) is 0 Å². The fourth-order valence-electron chi connectivity index (χ4n) is 2.49. The maximum absolute atomic E-state index is 8.73. The van der Waals surface area contributed by atoms with Gasteiger partial charge in [0.1, 0.15) is 5.75 Å². The van der Waals surface area contributed by atoms with Gasteiger partial charge in [-0.05, 0) is 31.5 Å². The zero-order valence-electron chi connectivity index (χ0n) is 12.2. The molecule has 0 radical (unpaired) electrons. The van der Waals surface area contributed by atoms with Gasteiger partial charge in [-0.3, -0.25) is 9.80 Å². The van der Waals surface area contributed by atoms with E-state index < -0.39 is 7.32 Å². The third kappa shape index (κ3) is 4.49. The van der Waals surface area contributed by atoms with Crippen LogP contribution in [0.5, 0.6) is 5.75 Å². The summed E-state index contributed by atoms with van der Waals surface area (Å²) in [4.78, 5) is 4.94. The van der Waals surface area contributed by atoms with Gasteiger partial charge in [-0.15, -0.1) is 0 Å². The summed E-state index contributed by atoms with van der Waals surface area (Å²) in [5, 5.41) is 17.5. The Morgan fingerprint density at radius 3 is 2.20 bits per heavy atom. The topological polar surface area (TPSA) is 56.2 Å². The van der Waals surface area contributed by atoms with Gasteiger partial charge in [0.2, 0.25) is 0 Å². The fourth-order valence-corrected chi connectivity index (χ4v) is 2.49. The van der Waals surface area contributed by atoms with Crippen LogP contribution in [0.2, 0.25) is 0 Å². The van der Waals surface area contributed by atoms with Gasteiger partial charge in [0, 0.05) is 38.8 Å². The first-order chi connectivity index (χ1) is 9.54. The first-order valence-corrected chi connectivity index (χ1v) is 7.13. The average Bonchev–Trinajstić information content (AvgIpc) is 2.41. The lowest BCUT2D eigenvalue weighted by atomic mass is 10.1. The van der Waals surface area contributed by atoms with Crippen LogP contribution in [0.15, 0.2) is 24.3 Å². The Kier molecular flexibility index (Phi) is 5.42. The van der Waals surface area contributed by atoms with Crippen molar-refractivity contribution in [2.45, 2.75) is 26.4 Å². The summed E-state index contributed by atoms with van der Waals surface area (Å²) in [6.45, 7) is 9.82. The fraction of sp³-hybridized carbons (Fsp3) is 0.571. The molecule has 5 nitrogen and oxygen atoms in total. The maximum atomic E-state index is 8.73. The normalized spacial score (nSPS) is 17.4. The van der Waals surface area contributed by atoms with E-state index in [0.717, 1.165) is 32.7 Å². The maximum Gasteiger partial charge on any atom is 0.707 e. The quantitative estimate of drug-likeness (QED) is 0.771. The molecule has 6 heteroatoms. The second-order valence-electron chi connectivity index (χ2n) is 5.49. The Bertz CT molecular complexity index is 403. The lowest BCUT2D eigenvalue weighted by Crippen LogP contribution is -2.48. The molecule has 1 heterocycles. The van der Waals surface area contributed by atoms with Gasteiger partial charge >= 0.3 is 7.32 Å². The Hall–Kier alpha value is -1.08. The third-order valence-corrected chi connectivity index (χ3v) is 3.71. The van der Waals surface area contributed by atoms with Crippen molar-refractivity contribution in [3.05, 3.63) is 29.8 Å². The van der Waals surface area contributed by atoms with Crippen LogP contribution in [-0.4, -0.2) is 59.4 Å². The number of rotatable bonds is 5. The van der Waals surface area contributed by atoms with Crippen molar-refractivity contribution in [3.8, 4) is 5.75 Å². The molecule has 0 unspecified atom stereocenters. The van der Waals surface area contributed by atoms with Crippen LogP contribution < -0.4 is 4.65 Å². The molecule has 0 atom stereocenters. The van der Waals surface area contributed by atoms with Crippen molar-refractivity contribution in [1.29, 1.82) is 0 Å². The Labute approximate surface area is 120 Å². The second-order valence-corrected chi connectivity index (χ2v) is 5.49. The lowest BCUT2D eigenvalue weighted by molar-refractivity contribution is 0.104. The minimum absolute atomic E-state index is 0.466. The number of hydrogen-bond acceptors (Lipinski definition) is 5. The van der Waals surface area contributed by atoms with Crippen molar-refractivity contribution in [3.63, 3.8) is 0 Å². The number of hydrogen-bond donors (Lipinski definition) is 2. The van der Waals surface area contributed by atoms with Gasteiger partial charge < -0.3 is 14.7 Å². The van der Waals surface area contributed by atoms with Crippen LogP contribution in [0, 0.1) is 0 Å². The third-order valence-electron chi connectivity index (χ3n) is 3.71. The molecule has 0 aliphatic carbocycles. The van der Waals surface area contributed by atoms with Crippen molar-refractivity contribution in [2.75, 3.05) is 26.2 Å². The predicted octanol–water partition coefficient (Wildman–Crippen LogP) is 0.561. The minimum Gasteiger partial charge on any atom is -0.512 e. The van der Waals surface area contributed by atoms with E-state index in [4.69, 9.17) is 14.7 Å². The Morgan fingerprint density at radius 2 is 1.70 bits per heavy atom. The standard InChI is InChI=1S/C14H23BN2O3/c1-12(2)17-9-7-16(8-10-17)11-13-3-5-14(6-4-13)20-15(18)19/h3-6,12,18-19H,7-11H2,1-2H3. The molecule has 20 heavy (non-hydrogen) atoms. The van der Waals surface area contributed by atoms with Gasteiger partial charge in [-0.25, -0.2) is 0 Å². The van der Waals surface area contributed by atoms with Crippen LogP contribution >= 0.6 is 0 Å². The number of nitrogens with zero attached hydrogens (tertiary/aromatic N) is 2. The van der Waals surface area contributed by atoms with Crippen LogP contribution in [0.1, 0.15) is 19.4 Å². The molecule has 1 saturated heterocycles. The molecule has 0 amide bonds. The van der Waals surface area contributed by atoms with Crippen LogP contribution in [0.4, 0.5) is 0 Å². The summed E-state index contributed by atoms with van der Waals surface area (Å²) in [6.07, 6.45) is 0. The molecular formula is C14H23BN2O3. The molecule has 1 aliphatic heterocycles.